The topological polar surface area (TPSA) is 103 Å². The Morgan fingerprint density at radius 2 is 2.05 bits per heavy atom. The van der Waals surface area contributed by atoms with E-state index in [0.717, 1.165) is 5.56 Å². The summed E-state index contributed by atoms with van der Waals surface area (Å²) >= 11 is 0. The maximum Gasteiger partial charge on any atom is 0.341 e. The fourth-order valence-electron chi connectivity index (χ4n) is 1.83. The lowest BCUT2D eigenvalue weighted by molar-refractivity contribution is -0.385. The molecule has 1 N–H and O–H groups in total. The summed E-state index contributed by atoms with van der Waals surface area (Å²) in [5.41, 5.74) is 0.844. The van der Waals surface area contributed by atoms with Crippen molar-refractivity contribution >= 4 is 11.7 Å². The summed E-state index contributed by atoms with van der Waals surface area (Å²) in [7, 11) is 0. The maximum atomic E-state index is 11.3. The summed E-state index contributed by atoms with van der Waals surface area (Å²) in [6, 6.07) is 5.88. The highest BCUT2D eigenvalue weighted by atomic mass is 16.6. The number of ether oxygens (including phenoxy) is 1. The zero-order valence-electron chi connectivity index (χ0n) is 11.4. The first-order valence-corrected chi connectivity index (χ1v) is 6.02. The van der Waals surface area contributed by atoms with Crippen molar-refractivity contribution in [3.8, 4) is 11.6 Å². The van der Waals surface area contributed by atoms with Crippen LogP contribution >= 0.6 is 0 Å². The van der Waals surface area contributed by atoms with Crippen LogP contribution in [0.15, 0.2) is 30.5 Å². The number of nitro benzene ring substituents is 1. The number of hydrogen-bond acceptors (Lipinski definition) is 5. The minimum Gasteiger partial charge on any atom is -0.477 e. The van der Waals surface area contributed by atoms with Gasteiger partial charge in [-0.1, -0.05) is 6.07 Å². The Bertz CT molecular complexity index is 727. The number of nitrogens with zero attached hydrogens (tertiary/aromatic N) is 2. The number of carboxylic acid groups (broad SMARTS) is 1. The summed E-state index contributed by atoms with van der Waals surface area (Å²) in [5.74, 6) is -1.41. The second kappa shape index (κ2) is 5.58. The molecule has 0 aliphatic heterocycles. The van der Waals surface area contributed by atoms with Crippen LogP contribution in [0.3, 0.4) is 0 Å². The van der Waals surface area contributed by atoms with Gasteiger partial charge in [-0.2, -0.15) is 0 Å². The number of nitro groups is 1. The molecule has 0 saturated heterocycles. The average Bonchev–Trinajstić information content (AvgIpc) is 2.37. The van der Waals surface area contributed by atoms with Crippen LogP contribution in [-0.2, 0) is 0 Å². The van der Waals surface area contributed by atoms with Crippen molar-refractivity contribution in [2.45, 2.75) is 13.8 Å². The maximum absolute atomic E-state index is 11.3. The highest BCUT2D eigenvalue weighted by Gasteiger charge is 2.21. The van der Waals surface area contributed by atoms with Crippen molar-refractivity contribution in [1.82, 2.24) is 4.98 Å². The Labute approximate surface area is 120 Å². The molecule has 0 saturated carbocycles. The van der Waals surface area contributed by atoms with Gasteiger partial charge in [0.05, 0.1) is 4.92 Å². The van der Waals surface area contributed by atoms with Gasteiger partial charge >= 0.3 is 11.7 Å². The Kier molecular flexibility index (Phi) is 3.84. The largest absolute Gasteiger partial charge is 0.477 e. The second-order valence-electron chi connectivity index (χ2n) is 4.44. The molecule has 0 spiro atoms. The fraction of sp³-hybridized carbons (Fsp3) is 0.143. The number of pyridine rings is 1. The molecule has 0 aliphatic carbocycles. The normalized spacial score (nSPS) is 10.2. The van der Waals surface area contributed by atoms with Crippen molar-refractivity contribution in [2.24, 2.45) is 0 Å². The molecule has 2 rings (SSSR count). The van der Waals surface area contributed by atoms with E-state index in [0.29, 0.717) is 5.56 Å². The minimum absolute atomic E-state index is 0.0411. The lowest BCUT2D eigenvalue weighted by Crippen LogP contribution is -2.05. The van der Waals surface area contributed by atoms with E-state index >= 15 is 0 Å². The zero-order chi connectivity index (χ0) is 15.6. The van der Waals surface area contributed by atoms with Gasteiger partial charge in [-0.25, -0.2) is 9.78 Å². The Balaban J connectivity index is 2.53. The average molecular weight is 288 g/mol. The number of carboxylic acids is 1. The van der Waals surface area contributed by atoms with Gasteiger partial charge in [-0.3, -0.25) is 10.1 Å². The smallest absolute Gasteiger partial charge is 0.341 e. The molecule has 7 nitrogen and oxygen atoms in total. The standard InChI is InChI=1S/C14H12N2O5/c1-8-3-4-10(16(19)20)11(7-8)21-13-12(14(17)18)9(2)5-6-15-13/h3-7H,1-2H3,(H,17,18). The summed E-state index contributed by atoms with van der Waals surface area (Å²) in [5, 5.41) is 20.2. The van der Waals surface area contributed by atoms with Crippen LogP contribution < -0.4 is 4.74 Å². The molecule has 0 bridgehead atoms. The third kappa shape index (κ3) is 2.97. The van der Waals surface area contributed by atoms with E-state index in [2.05, 4.69) is 4.98 Å². The molecular weight excluding hydrogens is 276 g/mol. The summed E-state index contributed by atoms with van der Waals surface area (Å²) in [4.78, 5) is 25.5. The SMILES string of the molecule is Cc1ccc([N+](=O)[O-])c(Oc2nccc(C)c2C(=O)O)c1. The van der Waals surface area contributed by atoms with Crippen LogP contribution in [0.2, 0.25) is 0 Å². The fourth-order valence-corrected chi connectivity index (χ4v) is 1.83. The van der Waals surface area contributed by atoms with Gasteiger partial charge in [0.2, 0.25) is 11.6 Å². The van der Waals surface area contributed by atoms with Crippen molar-refractivity contribution in [2.75, 3.05) is 0 Å². The van der Waals surface area contributed by atoms with Gasteiger partial charge in [-0.15, -0.1) is 0 Å². The number of aryl methyl sites for hydroxylation is 2. The van der Waals surface area contributed by atoms with E-state index in [9.17, 15) is 20.0 Å². The number of aromatic nitrogens is 1. The van der Waals surface area contributed by atoms with E-state index in [-0.39, 0.29) is 22.9 Å². The third-order valence-electron chi connectivity index (χ3n) is 2.86. The van der Waals surface area contributed by atoms with E-state index < -0.39 is 10.9 Å². The molecule has 0 atom stereocenters. The quantitative estimate of drug-likeness (QED) is 0.685. The van der Waals surface area contributed by atoms with Crippen LogP contribution in [0.1, 0.15) is 21.5 Å². The lowest BCUT2D eigenvalue weighted by atomic mass is 10.1. The van der Waals surface area contributed by atoms with E-state index in [1.54, 1.807) is 19.9 Å². The first-order chi connectivity index (χ1) is 9.90. The van der Waals surface area contributed by atoms with Crippen molar-refractivity contribution in [3.63, 3.8) is 0 Å². The lowest BCUT2D eigenvalue weighted by Gasteiger charge is -2.10. The molecule has 0 fully saturated rings. The highest BCUT2D eigenvalue weighted by molar-refractivity contribution is 5.92. The predicted molar refractivity (Wildman–Crippen MR) is 73.8 cm³/mol. The van der Waals surface area contributed by atoms with E-state index in [1.807, 2.05) is 0 Å². The minimum atomic E-state index is -1.20. The van der Waals surface area contributed by atoms with Crippen molar-refractivity contribution in [3.05, 3.63) is 57.3 Å². The van der Waals surface area contributed by atoms with Crippen LogP contribution in [0.5, 0.6) is 11.6 Å². The Morgan fingerprint density at radius 1 is 1.33 bits per heavy atom. The number of hydrogen-bond donors (Lipinski definition) is 1. The first-order valence-electron chi connectivity index (χ1n) is 6.02. The van der Waals surface area contributed by atoms with Gasteiger partial charge in [-0.05, 0) is 37.1 Å². The molecule has 21 heavy (non-hydrogen) atoms. The first kappa shape index (κ1) is 14.4. The van der Waals surface area contributed by atoms with Crippen LogP contribution in [-0.4, -0.2) is 21.0 Å². The number of carbonyl (C=O) groups is 1. The molecule has 0 amide bonds. The predicted octanol–water partition coefficient (Wildman–Crippen LogP) is 3.10. The monoisotopic (exact) mass is 288 g/mol. The van der Waals surface area contributed by atoms with Gasteiger partial charge < -0.3 is 9.84 Å². The molecule has 108 valence electrons. The molecule has 1 aromatic heterocycles. The summed E-state index contributed by atoms with van der Waals surface area (Å²) < 4.78 is 5.39. The van der Waals surface area contributed by atoms with Crippen molar-refractivity contribution < 1.29 is 19.6 Å². The molecule has 7 heteroatoms. The van der Waals surface area contributed by atoms with Crippen LogP contribution in [0, 0.1) is 24.0 Å². The van der Waals surface area contributed by atoms with Gasteiger partial charge in [0.15, 0.2) is 0 Å². The molecular formula is C14H12N2O5. The zero-order valence-corrected chi connectivity index (χ0v) is 11.4. The molecule has 2 aromatic rings. The Morgan fingerprint density at radius 3 is 2.67 bits per heavy atom. The molecule has 1 heterocycles. The second-order valence-corrected chi connectivity index (χ2v) is 4.44. The van der Waals surface area contributed by atoms with Crippen LogP contribution in [0.25, 0.3) is 0 Å². The number of aromatic carboxylic acids is 1. The van der Waals surface area contributed by atoms with Crippen molar-refractivity contribution in [1.29, 1.82) is 0 Å². The van der Waals surface area contributed by atoms with Crippen LogP contribution in [0.4, 0.5) is 5.69 Å². The molecule has 0 aliphatic rings. The summed E-state index contributed by atoms with van der Waals surface area (Å²) in [6.07, 6.45) is 1.39. The summed E-state index contributed by atoms with van der Waals surface area (Å²) in [6.45, 7) is 3.35. The molecule has 1 aromatic carbocycles. The number of rotatable bonds is 4. The molecule has 0 radical (unpaired) electrons. The van der Waals surface area contributed by atoms with Gasteiger partial charge in [0.1, 0.15) is 5.56 Å². The number of benzene rings is 1. The highest BCUT2D eigenvalue weighted by Crippen LogP contribution is 2.33. The third-order valence-corrected chi connectivity index (χ3v) is 2.86. The van der Waals surface area contributed by atoms with E-state index in [1.165, 1.54) is 24.4 Å². The molecule has 0 unspecified atom stereocenters. The van der Waals surface area contributed by atoms with Gasteiger partial charge in [0.25, 0.3) is 0 Å². The van der Waals surface area contributed by atoms with Gasteiger partial charge in [0, 0.05) is 12.3 Å². The Hall–Kier alpha value is -2.96. The van der Waals surface area contributed by atoms with E-state index in [4.69, 9.17) is 4.74 Å².